The second-order valence-corrected chi connectivity index (χ2v) is 5.96. The van der Waals surface area contributed by atoms with Crippen molar-refractivity contribution in [1.82, 2.24) is 0 Å². The van der Waals surface area contributed by atoms with E-state index in [2.05, 4.69) is 31.9 Å². The van der Waals surface area contributed by atoms with Gasteiger partial charge in [0.15, 0.2) is 0 Å². The van der Waals surface area contributed by atoms with Gasteiger partial charge in [-0.2, -0.15) is 0 Å². The molecule has 0 heterocycles. The Bertz CT molecular complexity index is 315. The second kappa shape index (κ2) is 4.72. The first-order valence-corrected chi connectivity index (χ1v) is 5.44. The molecule has 0 bridgehead atoms. The molecule has 0 spiro atoms. The summed E-state index contributed by atoms with van der Waals surface area (Å²) in [6.07, 6.45) is 0.724. The van der Waals surface area contributed by atoms with Gasteiger partial charge in [0.1, 0.15) is 0 Å². The van der Waals surface area contributed by atoms with E-state index in [4.69, 9.17) is 0 Å². The minimum Gasteiger partial charge on any atom is -0.258 e. The number of benzene rings is 1. The molecule has 13 heavy (non-hydrogen) atoms. The Kier molecular flexibility index (Phi) is 3.87. The molecule has 0 saturated heterocycles. The molecule has 0 aliphatic carbocycles. The zero-order valence-electron chi connectivity index (χ0n) is 6.61. The van der Waals surface area contributed by atoms with E-state index in [0.29, 0.717) is 0 Å². The van der Waals surface area contributed by atoms with Gasteiger partial charge < -0.3 is 0 Å². The Hall–Kier alpha value is -0.420. The number of halogens is 2. The molecule has 0 aromatic heterocycles. The lowest BCUT2D eigenvalue weighted by molar-refractivity contribution is -0.384. The quantitative estimate of drug-likeness (QED) is 0.489. The van der Waals surface area contributed by atoms with E-state index in [1.807, 2.05) is 6.07 Å². The van der Waals surface area contributed by atoms with Crippen molar-refractivity contribution in [2.24, 2.45) is 0 Å². The normalized spacial score (nSPS) is 10.4. The van der Waals surface area contributed by atoms with Gasteiger partial charge in [0.05, 0.1) is 8.66 Å². The maximum atomic E-state index is 10.4. The molecule has 0 amide bonds. The van der Waals surface area contributed by atoms with Crippen LogP contribution in [-0.2, 0) is 6.42 Å². The fourth-order valence-electron chi connectivity index (χ4n) is 0.975. The van der Waals surface area contributed by atoms with Crippen LogP contribution in [0.3, 0.4) is 0 Å². The molecule has 0 radical (unpaired) electrons. The summed E-state index contributed by atoms with van der Waals surface area (Å²) in [6.45, 7) is 0. The third-order valence-corrected chi connectivity index (χ3v) is 2.16. The molecule has 0 fully saturated rings. The highest BCUT2D eigenvalue weighted by Crippen LogP contribution is 2.19. The van der Waals surface area contributed by atoms with Crippen molar-refractivity contribution in [3.05, 3.63) is 39.9 Å². The zero-order chi connectivity index (χ0) is 9.84. The van der Waals surface area contributed by atoms with Crippen LogP contribution in [0.15, 0.2) is 24.3 Å². The van der Waals surface area contributed by atoms with E-state index < -0.39 is 0 Å². The van der Waals surface area contributed by atoms with Crippen LogP contribution in [0.1, 0.15) is 5.56 Å². The molecular weight excluding hydrogens is 302 g/mol. The Morgan fingerprint density at radius 1 is 1.46 bits per heavy atom. The van der Waals surface area contributed by atoms with Crippen molar-refractivity contribution in [3.8, 4) is 0 Å². The number of hydrogen-bond donors (Lipinski definition) is 0. The third kappa shape index (κ3) is 3.44. The van der Waals surface area contributed by atoms with Gasteiger partial charge in [-0.1, -0.05) is 44.0 Å². The van der Waals surface area contributed by atoms with Crippen molar-refractivity contribution < 1.29 is 4.92 Å². The topological polar surface area (TPSA) is 43.1 Å². The van der Waals surface area contributed by atoms with Gasteiger partial charge >= 0.3 is 0 Å². The monoisotopic (exact) mass is 307 g/mol. The minimum atomic E-state index is -0.388. The van der Waals surface area contributed by atoms with E-state index in [1.54, 1.807) is 12.1 Å². The fraction of sp³-hybridized carbons (Fsp3) is 0.250. The molecule has 1 aromatic rings. The first kappa shape index (κ1) is 10.7. The van der Waals surface area contributed by atoms with E-state index in [9.17, 15) is 10.1 Å². The lowest BCUT2D eigenvalue weighted by Gasteiger charge is -2.01. The van der Waals surface area contributed by atoms with Crippen LogP contribution in [0.2, 0.25) is 0 Å². The maximum absolute atomic E-state index is 10.4. The molecule has 0 atom stereocenters. The van der Waals surface area contributed by atoms with Crippen LogP contribution in [0, 0.1) is 10.1 Å². The van der Waals surface area contributed by atoms with E-state index in [1.165, 1.54) is 6.07 Å². The van der Waals surface area contributed by atoms with Crippen molar-refractivity contribution in [2.45, 2.75) is 10.2 Å². The average Bonchev–Trinajstić information content (AvgIpc) is 2.03. The summed E-state index contributed by atoms with van der Waals surface area (Å²) in [5.41, 5.74) is 1.08. The highest BCUT2D eigenvalue weighted by Gasteiger charge is 2.07. The molecule has 0 N–H and O–H groups in total. The summed E-state index contributed by atoms with van der Waals surface area (Å²) in [7, 11) is 0. The van der Waals surface area contributed by atoms with Gasteiger partial charge in [-0.25, -0.2) is 0 Å². The number of rotatable bonds is 3. The zero-order valence-corrected chi connectivity index (χ0v) is 9.79. The second-order valence-electron chi connectivity index (χ2n) is 2.52. The van der Waals surface area contributed by atoms with Gasteiger partial charge in [0.2, 0.25) is 0 Å². The minimum absolute atomic E-state index is 0.137. The van der Waals surface area contributed by atoms with Crippen molar-refractivity contribution in [2.75, 3.05) is 0 Å². The number of nitro groups is 1. The number of alkyl halides is 2. The Balaban J connectivity index is 2.85. The molecule has 0 aliphatic heterocycles. The maximum Gasteiger partial charge on any atom is 0.269 e. The van der Waals surface area contributed by atoms with Crippen LogP contribution < -0.4 is 0 Å². The Morgan fingerprint density at radius 2 is 2.15 bits per heavy atom. The highest BCUT2D eigenvalue weighted by molar-refractivity contribution is 9.24. The standard InChI is InChI=1S/C8H7Br2NO2/c9-8(10)5-6-2-1-3-7(4-6)11(12)13/h1-4,8H,5H2. The average molecular weight is 309 g/mol. The fourth-order valence-corrected chi connectivity index (χ4v) is 1.72. The number of nitrogens with zero attached hydrogens (tertiary/aromatic N) is 1. The Labute approximate surface area is 92.5 Å². The summed E-state index contributed by atoms with van der Waals surface area (Å²) < 4.78 is 0.155. The summed E-state index contributed by atoms with van der Waals surface area (Å²) in [5, 5.41) is 10.4. The molecule has 0 saturated carbocycles. The molecule has 1 rings (SSSR count). The van der Waals surface area contributed by atoms with Gasteiger partial charge in [-0.15, -0.1) is 0 Å². The molecule has 0 unspecified atom stereocenters. The van der Waals surface area contributed by atoms with Gasteiger partial charge in [-0.05, 0) is 12.0 Å². The van der Waals surface area contributed by atoms with Crippen molar-refractivity contribution in [3.63, 3.8) is 0 Å². The van der Waals surface area contributed by atoms with E-state index >= 15 is 0 Å². The van der Waals surface area contributed by atoms with Crippen LogP contribution in [0.4, 0.5) is 5.69 Å². The number of non-ortho nitro benzene ring substituents is 1. The van der Waals surface area contributed by atoms with E-state index in [-0.39, 0.29) is 14.3 Å². The summed E-state index contributed by atoms with van der Waals surface area (Å²) in [4.78, 5) is 10.0. The first-order chi connectivity index (χ1) is 6.09. The van der Waals surface area contributed by atoms with Crippen LogP contribution in [0.25, 0.3) is 0 Å². The summed E-state index contributed by atoms with van der Waals surface area (Å²) in [5.74, 6) is 0. The Morgan fingerprint density at radius 3 is 2.69 bits per heavy atom. The molecule has 5 heteroatoms. The molecular formula is C8H7Br2NO2. The summed E-state index contributed by atoms with van der Waals surface area (Å²) in [6, 6.07) is 6.62. The van der Waals surface area contributed by atoms with Gasteiger partial charge in [-0.3, -0.25) is 10.1 Å². The van der Waals surface area contributed by atoms with Crippen molar-refractivity contribution >= 4 is 37.5 Å². The lowest BCUT2D eigenvalue weighted by atomic mass is 10.1. The summed E-state index contributed by atoms with van der Waals surface area (Å²) >= 11 is 6.64. The highest BCUT2D eigenvalue weighted by atomic mass is 79.9. The number of nitro benzene ring substituents is 1. The van der Waals surface area contributed by atoms with Crippen LogP contribution in [0.5, 0.6) is 0 Å². The third-order valence-electron chi connectivity index (χ3n) is 1.51. The lowest BCUT2D eigenvalue weighted by Crippen LogP contribution is -1.94. The SMILES string of the molecule is O=[N+]([O-])c1cccc(CC(Br)Br)c1. The first-order valence-electron chi connectivity index (χ1n) is 3.61. The molecule has 0 aliphatic rings. The predicted molar refractivity (Wildman–Crippen MR) is 58.4 cm³/mol. The van der Waals surface area contributed by atoms with Crippen molar-refractivity contribution in [1.29, 1.82) is 0 Å². The molecule has 70 valence electrons. The predicted octanol–water partition coefficient (Wildman–Crippen LogP) is 3.25. The molecule has 1 aromatic carbocycles. The van der Waals surface area contributed by atoms with E-state index in [0.717, 1.165) is 12.0 Å². The largest absolute Gasteiger partial charge is 0.269 e. The smallest absolute Gasteiger partial charge is 0.258 e. The van der Waals surface area contributed by atoms with Gasteiger partial charge in [0, 0.05) is 12.1 Å². The van der Waals surface area contributed by atoms with Crippen LogP contribution in [-0.4, -0.2) is 8.66 Å². The van der Waals surface area contributed by atoms with Gasteiger partial charge in [0.25, 0.3) is 5.69 Å². The molecule has 3 nitrogen and oxygen atoms in total. The number of hydrogen-bond acceptors (Lipinski definition) is 2. The van der Waals surface area contributed by atoms with Crippen LogP contribution >= 0.6 is 31.9 Å².